The summed E-state index contributed by atoms with van der Waals surface area (Å²) in [6.45, 7) is 2.10. The van der Waals surface area contributed by atoms with Crippen LogP contribution in [-0.4, -0.2) is 33.2 Å². The third-order valence-electron chi connectivity index (χ3n) is 4.17. The third-order valence-corrected chi connectivity index (χ3v) is 5.50. The number of carboxylic acids is 1. The second-order valence-electron chi connectivity index (χ2n) is 6.04. The van der Waals surface area contributed by atoms with E-state index in [0.717, 1.165) is 28.3 Å². The molecule has 0 saturated heterocycles. The average Bonchev–Trinajstić information content (AvgIpc) is 3.25. The Morgan fingerprint density at radius 3 is 2.48 bits per heavy atom. The largest absolute Gasteiger partial charge is 0.490 e. The predicted molar refractivity (Wildman–Crippen MR) is 101 cm³/mol. The second kappa shape index (κ2) is 7.74. The number of alkyl halides is 3. The van der Waals surface area contributed by atoms with Crippen molar-refractivity contribution in [2.24, 2.45) is 5.10 Å². The molecule has 1 spiro atoms. The van der Waals surface area contributed by atoms with Crippen molar-refractivity contribution in [3.05, 3.63) is 59.4 Å². The summed E-state index contributed by atoms with van der Waals surface area (Å²) in [5.74, 6) is -2.83. The number of benzene rings is 1. The fraction of sp³-hybridized carbons (Fsp3) is 0.222. The van der Waals surface area contributed by atoms with Gasteiger partial charge >= 0.3 is 12.1 Å². The zero-order valence-corrected chi connectivity index (χ0v) is 15.8. The van der Waals surface area contributed by atoms with Crippen molar-refractivity contribution < 1.29 is 27.9 Å². The van der Waals surface area contributed by atoms with Crippen LogP contribution in [0.4, 0.5) is 18.9 Å². The van der Waals surface area contributed by atoms with Crippen molar-refractivity contribution in [2.45, 2.75) is 24.4 Å². The number of hydrogen-bond acceptors (Lipinski definition) is 6. The van der Waals surface area contributed by atoms with E-state index in [1.165, 1.54) is 17.3 Å². The minimum Gasteiger partial charge on any atom is -0.475 e. The first-order valence-corrected chi connectivity index (χ1v) is 9.18. The number of pyridine rings is 1. The summed E-state index contributed by atoms with van der Waals surface area (Å²) in [5.41, 5.74) is 7.02. The Hall–Kier alpha value is -3.08. The number of aromatic nitrogens is 1. The number of nitrogens with one attached hydrogen (secondary N) is 2. The van der Waals surface area contributed by atoms with E-state index in [1.807, 2.05) is 24.3 Å². The number of carboxylic acid groups (broad SMARTS) is 1. The fourth-order valence-electron chi connectivity index (χ4n) is 2.69. The minimum atomic E-state index is -5.08. The fourth-order valence-corrected chi connectivity index (χ4v) is 3.84. The molecule has 3 N–H and O–H groups in total. The van der Waals surface area contributed by atoms with E-state index in [4.69, 9.17) is 9.90 Å². The van der Waals surface area contributed by atoms with Gasteiger partial charge in [0.15, 0.2) is 0 Å². The van der Waals surface area contributed by atoms with Gasteiger partial charge in [-0.3, -0.25) is 15.2 Å². The van der Waals surface area contributed by atoms with E-state index >= 15 is 0 Å². The number of rotatable bonds is 2. The van der Waals surface area contributed by atoms with E-state index in [2.05, 4.69) is 33.8 Å². The molecular formula is C18H15F3N4O3S. The Bertz CT molecular complexity index is 982. The molecule has 0 saturated carbocycles. The third kappa shape index (κ3) is 4.04. The van der Waals surface area contributed by atoms with Crippen LogP contribution >= 0.6 is 11.8 Å². The maximum absolute atomic E-state index is 12.6. The van der Waals surface area contributed by atoms with Crippen molar-refractivity contribution in [3.63, 3.8) is 0 Å². The number of nitrogens with zero attached hydrogens (tertiary/aromatic N) is 2. The molecule has 0 bridgehead atoms. The molecule has 1 amide bonds. The monoisotopic (exact) mass is 424 g/mol. The van der Waals surface area contributed by atoms with Gasteiger partial charge in [0.2, 0.25) is 4.87 Å². The SMILES string of the molecule is CCc1ccc2c(c1)C1(NN=C(c3ccncc3)S1)C(=O)N2.O=C(O)C(F)(F)F. The number of aryl methyl sites for hydroxylation is 1. The van der Waals surface area contributed by atoms with Crippen molar-refractivity contribution >= 4 is 34.4 Å². The number of anilines is 1. The summed E-state index contributed by atoms with van der Waals surface area (Å²) in [7, 11) is 0. The Kier molecular flexibility index (Phi) is 5.51. The van der Waals surface area contributed by atoms with Gasteiger partial charge in [0.05, 0.1) is 0 Å². The van der Waals surface area contributed by atoms with E-state index < -0.39 is 17.0 Å². The van der Waals surface area contributed by atoms with Crippen LogP contribution in [-0.2, 0) is 20.9 Å². The summed E-state index contributed by atoms with van der Waals surface area (Å²) < 4.78 is 31.7. The lowest BCUT2D eigenvalue weighted by Gasteiger charge is -2.20. The lowest BCUT2D eigenvalue weighted by molar-refractivity contribution is -0.192. The van der Waals surface area contributed by atoms with Gasteiger partial charge in [-0.15, -0.1) is 0 Å². The van der Waals surface area contributed by atoms with Gasteiger partial charge in [-0.25, -0.2) is 4.79 Å². The van der Waals surface area contributed by atoms with Gasteiger partial charge in [-0.05, 0) is 36.2 Å². The molecule has 2 aromatic rings. The molecule has 0 fully saturated rings. The quantitative estimate of drug-likeness (QED) is 0.685. The molecule has 4 rings (SSSR count). The van der Waals surface area contributed by atoms with Crippen molar-refractivity contribution in [1.29, 1.82) is 0 Å². The van der Waals surface area contributed by atoms with Gasteiger partial charge < -0.3 is 10.4 Å². The van der Waals surface area contributed by atoms with Crippen molar-refractivity contribution in [2.75, 3.05) is 5.32 Å². The normalized spacial score (nSPS) is 19.6. The Morgan fingerprint density at radius 1 is 1.24 bits per heavy atom. The number of carbonyl (C=O) groups is 2. The number of fused-ring (bicyclic) bond motifs is 2. The highest BCUT2D eigenvalue weighted by Gasteiger charge is 2.52. The smallest absolute Gasteiger partial charge is 0.475 e. The van der Waals surface area contributed by atoms with E-state index in [1.54, 1.807) is 12.4 Å². The second-order valence-corrected chi connectivity index (χ2v) is 7.24. The van der Waals surface area contributed by atoms with Crippen LogP contribution in [0.2, 0.25) is 0 Å². The number of halogens is 3. The van der Waals surface area contributed by atoms with Crippen LogP contribution in [0.25, 0.3) is 0 Å². The van der Waals surface area contributed by atoms with Crippen LogP contribution in [0.15, 0.2) is 47.8 Å². The van der Waals surface area contributed by atoms with Gasteiger partial charge in [0, 0.05) is 29.2 Å². The van der Waals surface area contributed by atoms with Crippen molar-refractivity contribution in [3.8, 4) is 0 Å². The van der Waals surface area contributed by atoms with Gasteiger partial charge in [0.1, 0.15) is 5.04 Å². The molecule has 0 aliphatic carbocycles. The average molecular weight is 424 g/mol. The van der Waals surface area contributed by atoms with Crippen LogP contribution in [0.1, 0.15) is 23.6 Å². The lowest BCUT2D eigenvalue weighted by Crippen LogP contribution is -2.39. The predicted octanol–water partition coefficient (Wildman–Crippen LogP) is 3.08. The number of thioether (sulfide) groups is 1. The number of hydrogen-bond donors (Lipinski definition) is 3. The molecule has 0 radical (unpaired) electrons. The molecule has 29 heavy (non-hydrogen) atoms. The summed E-state index contributed by atoms with van der Waals surface area (Å²) in [4.78, 5) is 24.6. The standard InChI is InChI=1S/C16H14N4OS.C2HF3O2/c1-2-10-3-4-13-12(9-10)16(15(21)18-13)20-19-14(22-16)11-5-7-17-8-6-11;3-2(4,5)1(6)7/h3-9,20H,2H2,1H3,(H,18,21);(H,6,7). The van der Waals surface area contributed by atoms with Gasteiger partial charge in [-0.2, -0.15) is 18.3 Å². The van der Waals surface area contributed by atoms with E-state index in [0.29, 0.717) is 0 Å². The summed E-state index contributed by atoms with van der Waals surface area (Å²) in [5, 5.41) is 15.3. The maximum atomic E-state index is 12.6. The first-order valence-electron chi connectivity index (χ1n) is 8.36. The zero-order chi connectivity index (χ0) is 21.2. The molecule has 152 valence electrons. The maximum Gasteiger partial charge on any atom is 0.490 e. The number of hydrazone groups is 1. The number of carbonyl (C=O) groups excluding carboxylic acids is 1. The van der Waals surface area contributed by atoms with Crippen molar-refractivity contribution in [1.82, 2.24) is 10.4 Å². The highest BCUT2D eigenvalue weighted by Crippen LogP contribution is 2.48. The Balaban J connectivity index is 0.000000298. The molecular weight excluding hydrogens is 409 g/mol. The molecule has 1 unspecified atom stereocenters. The summed E-state index contributed by atoms with van der Waals surface area (Å²) >= 11 is 1.44. The van der Waals surface area contributed by atoms with E-state index in [9.17, 15) is 18.0 Å². The van der Waals surface area contributed by atoms with Crippen LogP contribution in [0.3, 0.4) is 0 Å². The first kappa shape index (κ1) is 20.6. The molecule has 2 aliphatic heterocycles. The van der Waals surface area contributed by atoms with Crippen LogP contribution < -0.4 is 10.7 Å². The summed E-state index contributed by atoms with van der Waals surface area (Å²) in [6, 6.07) is 9.87. The van der Waals surface area contributed by atoms with Crippen LogP contribution in [0.5, 0.6) is 0 Å². The molecule has 3 heterocycles. The highest BCUT2D eigenvalue weighted by atomic mass is 32.2. The molecule has 1 atom stereocenters. The number of aliphatic carboxylic acids is 1. The van der Waals surface area contributed by atoms with Gasteiger partial charge in [-0.1, -0.05) is 24.8 Å². The van der Waals surface area contributed by atoms with E-state index in [-0.39, 0.29) is 5.91 Å². The van der Waals surface area contributed by atoms with Crippen LogP contribution in [0, 0.1) is 0 Å². The molecule has 2 aliphatic rings. The first-order chi connectivity index (χ1) is 13.7. The molecule has 11 heteroatoms. The highest BCUT2D eigenvalue weighted by molar-refractivity contribution is 8.16. The molecule has 1 aromatic carbocycles. The minimum absolute atomic E-state index is 0.0754. The zero-order valence-electron chi connectivity index (χ0n) is 14.9. The molecule has 1 aromatic heterocycles. The lowest BCUT2D eigenvalue weighted by atomic mass is 10.0. The van der Waals surface area contributed by atoms with Gasteiger partial charge in [0.25, 0.3) is 5.91 Å². The number of amides is 1. The topological polar surface area (TPSA) is 104 Å². The Labute approximate surface area is 167 Å². The summed E-state index contributed by atoms with van der Waals surface area (Å²) in [6.07, 6.45) is -0.706. The molecule has 7 nitrogen and oxygen atoms in total. The Morgan fingerprint density at radius 2 is 1.90 bits per heavy atom.